The van der Waals surface area contributed by atoms with Gasteiger partial charge in [-0.2, -0.15) is 0 Å². The predicted octanol–water partition coefficient (Wildman–Crippen LogP) is 2.05. The zero-order valence-electron chi connectivity index (χ0n) is 9.96. The van der Waals surface area contributed by atoms with Crippen molar-refractivity contribution in [2.75, 3.05) is 6.61 Å². The molecular formula is C12H17IN2O2. The summed E-state index contributed by atoms with van der Waals surface area (Å²) in [5.74, 6) is 0.763. The molecule has 1 aromatic heterocycles. The van der Waals surface area contributed by atoms with Crippen LogP contribution < -0.4 is 5.56 Å². The fourth-order valence-corrected chi connectivity index (χ4v) is 2.71. The van der Waals surface area contributed by atoms with Crippen molar-refractivity contribution in [1.29, 1.82) is 0 Å². The highest BCUT2D eigenvalue weighted by atomic mass is 127. The lowest BCUT2D eigenvalue weighted by molar-refractivity contribution is 0.0156. The van der Waals surface area contributed by atoms with Crippen molar-refractivity contribution in [3.8, 4) is 0 Å². The van der Waals surface area contributed by atoms with Gasteiger partial charge in [-0.15, -0.1) is 0 Å². The summed E-state index contributed by atoms with van der Waals surface area (Å²) in [7, 11) is 0. The first-order chi connectivity index (χ1) is 8.20. The minimum Gasteiger partial charge on any atom is -0.378 e. The average Bonchev–Trinajstić information content (AvgIpc) is 2.35. The number of aromatic nitrogens is 2. The highest BCUT2D eigenvalue weighted by Gasteiger charge is 2.16. The number of aryl methyl sites for hydroxylation is 1. The number of nitrogens with zero attached hydrogens (tertiary/aromatic N) is 1. The topological polar surface area (TPSA) is 55.0 Å². The molecule has 0 amide bonds. The maximum Gasteiger partial charge on any atom is 0.264 e. The fourth-order valence-electron chi connectivity index (χ4n) is 2.07. The second kappa shape index (κ2) is 5.95. The Bertz CT molecular complexity index is 439. The first kappa shape index (κ1) is 13.0. The van der Waals surface area contributed by atoms with Gasteiger partial charge < -0.3 is 9.72 Å². The smallest absolute Gasteiger partial charge is 0.264 e. The number of rotatable bonds is 3. The van der Waals surface area contributed by atoms with Crippen LogP contribution in [0.3, 0.4) is 0 Å². The van der Waals surface area contributed by atoms with E-state index in [-0.39, 0.29) is 11.7 Å². The van der Waals surface area contributed by atoms with Gasteiger partial charge in [-0.3, -0.25) is 4.79 Å². The molecule has 1 unspecified atom stereocenters. The lowest BCUT2D eigenvalue weighted by Gasteiger charge is -2.22. The molecule has 0 saturated carbocycles. The van der Waals surface area contributed by atoms with E-state index in [1.807, 2.05) is 6.92 Å². The quantitative estimate of drug-likeness (QED) is 0.851. The fraction of sp³-hybridized carbons (Fsp3) is 0.667. The number of ether oxygens (including phenoxy) is 1. The van der Waals surface area contributed by atoms with Gasteiger partial charge in [-0.05, 0) is 48.3 Å². The lowest BCUT2D eigenvalue weighted by Crippen LogP contribution is -2.25. The molecule has 2 heterocycles. The van der Waals surface area contributed by atoms with Crippen LogP contribution in [0.15, 0.2) is 4.79 Å². The Hall–Kier alpha value is -0.430. The molecule has 0 aliphatic carbocycles. The van der Waals surface area contributed by atoms with E-state index in [2.05, 4.69) is 32.6 Å². The van der Waals surface area contributed by atoms with Gasteiger partial charge >= 0.3 is 0 Å². The molecular weight excluding hydrogens is 331 g/mol. The highest BCUT2D eigenvalue weighted by molar-refractivity contribution is 14.1. The summed E-state index contributed by atoms with van der Waals surface area (Å²) < 4.78 is 6.37. The van der Waals surface area contributed by atoms with Crippen molar-refractivity contribution < 1.29 is 4.74 Å². The molecule has 1 aliphatic rings. The van der Waals surface area contributed by atoms with E-state index in [1.165, 1.54) is 6.42 Å². The number of hydrogen-bond donors (Lipinski definition) is 1. The third kappa shape index (κ3) is 3.28. The van der Waals surface area contributed by atoms with Crippen molar-refractivity contribution in [1.82, 2.24) is 9.97 Å². The molecule has 0 aromatic carbocycles. The van der Waals surface area contributed by atoms with Gasteiger partial charge in [0.15, 0.2) is 0 Å². The van der Waals surface area contributed by atoms with Gasteiger partial charge in [-0.25, -0.2) is 4.98 Å². The molecule has 17 heavy (non-hydrogen) atoms. The maximum absolute atomic E-state index is 11.7. The third-order valence-electron chi connectivity index (χ3n) is 3.01. The molecule has 0 spiro atoms. The number of H-pyrrole nitrogens is 1. The van der Waals surface area contributed by atoms with E-state index in [9.17, 15) is 4.79 Å². The van der Waals surface area contributed by atoms with Gasteiger partial charge in [0, 0.05) is 13.0 Å². The van der Waals surface area contributed by atoms with E-state index < -0.39 is 0 Å². The Morgan fingerprint density at radius 2 is 2.35 bits per heavy atom. The first-order valence-electron chi connectivity index (χ1n) is 6.10. The van der Waals surface area contributed by atoms with Gasteiger partial charge in [0.2, 0.25) is 0 Å². The third-order valence-corrected chi connectivity index (χ3v) is 4.12. The van der Waals surface area contributed by atoms with Crippen LogP contribution in [0.1, 0.15) is 37.7 Å². The minimum absolute atomic E-state index is 0.0248. The lowest BCUT2D eigenvalue weighted by atomic mass is 10.1. The molecule has 0 bridgehead atoms. The molecule has 1 atom stereocenters. The Morgan fingerprint density at radius 3 is 3.00 bits per heavy atom. The molecule has 4 nitrogen and oxygen atoms in total. The second-order valence-corrected chi connectivity index (χ2v) is 5.40. The van der Waals surface area contributed by atoms with Crippen LogP contribution in [-0.2, 0) is 17.6 Å². The molecule has 2 rings (SSSR count). The molecule has 94 valence electrons. The highest BCUT2D eigenvalue weighted by Crippen LogP contribution is 2.16. The summed E-state index contributed by atoms with van der Waals surface area (Å²) in [6.45, 7) is 2.85. The van der Waals surface area contributed by atoms with Crippen LogP contribution >= 0.6 is 22.6 Å². The summed E-state index contributed by atoms with van der Waals surface area (Å²) in [6.07, 6.45) is 5.15. The zero-order valence-corrected chi connectivity index (χ0v) is 12.1. The summed E-state index contributed by atoms with van der Waals surface area (Å²) in [4.78, 5) is 19.1. The van der Waals surface area contributed by atoms with E-state index in [0.29, 0.717) is 3.57 Å². The summed E-state index contributed by atoms with van der Waals surface area (Å²) in [5, 5.41) is 0. The molecule has 1 aliphatic heterocycles. The van der Waals surface area contributed by atoms with Crippen LogP contribution in [-0.4, -0.2) is 22.7 Å². The van der Waals surface area contributed by atoms with Crippen LogP contribution in [0.2, 0.25) is 0 Å². The van der Waals surface area contributed by atoms with Crippen molar-refractivity contribution in [2.24, 2.45) is 0 Å². The number of hydrogen-bond acceptors (Lipinski definition) is 3. The van der Waals surface area contributed by atoms with Crippen LogP contribution in [0.4, 0.5) is 0 Å². The number of halogens is 1. The van der Waals surface area contributed by atoms with E-state index in [4.69, 9.17) is 4.74 Å². The van der Waals surface area contributed by atoms with Crippen molar-refractivity contribution in [3.05, 3.63) is 25.4 Å². The van der Waals surface area contributed by atoms with Gasteiger partial charge in [0.1, 0.15) is 5.82 Å². The maximum atomic E-state index is 11.7. The minimum atomic E-state index is -0.0248. The molecule has 5 heteroatoms. The Balaban J connectivity index is 2.15. The predicted molar refractivity (Wildman–Crippen MR) is 74.2 cm³/mol. The van der Waals surface area contributed by atoms with Gasteiger partial charge in [-0.1, -0.05) is 6.92 Å². The monoisotopic (exact) mass is 348 g/mol. The van der Waals surface area contributed by atoms with E-state index in [1.54, 1.807) is 0 Å². The average molecular weight is 348 g/mol. The van der Waals surface area contributed by atoms with Gasteiger partial charge in [0.05, 0.1) is 15.4 Å². The summed E-state index contributed by atoms with van der Waals surface area (Å²) >= 11 is 2.05. The molecule has 1 fully saturated rings. The van der Waals surface area contributed by atoms with E-state index >= 15 is 0 Å². The zero-order chi connectivity index (χ0) is 12.3. The van der Waals surface area contributed by atoms with Gasteiger partial charge in [0.25, 0.3) is 5.56 Å². The molecule has 1 aromatic rings. The summed E-state index contributed by atoms with van der Waals surface area (Å²) in [6, 6.07) is 0. The standard InChI is InChI=1S/C12H17IN2O2/c1-2-9-11(13)12(16)15-10(14-9)7-8-5-3-4-6-17-8/h8H,2-7H2,1H3,(H,14,15,16). The number of nitrogens with one attached hydrogen (secondary N) is 1. The second-order valence-electron chi connectivity index (χ2n) is 4.32. The van der Waals surface area contributed by atoms with Crippen LogP contribution in [0.5, 0.6) is 0 Å². The SMILES string of the molecule is CCc1nc(CC2CCCCO2)[nH]c(=O)c1I. The normalized spacial score (nSPS) is 20.5. The molecule has 1 N–H and O–H groups in total. The summed E-state index contributed by atoms with van der Waals surface area (Å²) in [5.41, 5.74) is 0.864. The van der Waals surface area contributed by atoms with Crippen LogP contribution in [0.25, 0.3) is 0 Å². The Kier molecular flexibility index (Phi) is 4.55. The van der Waals surface area contributed by atoms with Crippen molar-refractivity contribution in [2.45, 2.75) is 45.1 Å². The number of aromatic amines is 1. The van der Waals surface area contributed by atoms with E-state index in [0.717, 1.165) is 43.8 Å². The van der Waals surface area contributed by atoms with Crippen LogP contribution in [0, 0.1) is 3.57 Å². The first-order valence-corrected chi connectivity index (χ1v) is 7.17. The Morgan fingerprint density at radius 1 is 1.53 bits per heavy atom. The largest absolute Gasteiger partial charge is 0.378 e. The van der Waals surface area contributed by atoms with Crippen molar-refractivity contribution in [3.63, 3.8) is 0 Å². The Labute approximate surface area is 114 Å². The molecule has 1 saturated heterocycles. The molecule has 0 radical (unpaired) electrons. The van der Waals surface area contributed by atoms with Crippen molar-refractivity contribution >= 4 is 22.6 Å².